The Labute approximate surface area is 187 Å². The predicted octanol–water partition coefficient (Wildman–Crippen LogP) is 2.98. The van der Waals surface area contributed by atoms with E-state index in [1.807, 2.05) is 30.3 Å². The number of thioether (sulfide) groups is 1. The zero-order valence-electron chi connectivity index (χ0n) is 15.1. The third kappa shape index (κ3) is 5.09. The van der Waals surface area contributed by atoms with E-state index in [0.29, 0.717) is 11.3 Å². The number of nitrogens with one attached hydrogen (secondary N) is 1. The van der Waals surface area contributed by atoms with E-state index < -0.39 is 33.7 Å². The molecule has 0 saturated carbocycles. The highest BCUT2D eigenvalue weighted by Crippen LogP contribution is 2.41. The molecule has 2 heterocycles. The lowest BCUT2D eigenvalue weighted by Crippen LogP contribution is -2.70. The van der Waals surface area contributed by atoms with Gasteiger partial charge in [0.05, 0.1) is 6.42 Å². The quantitative estimate of drug-likeness (QED) is 0.389. The number of carbonyl (C=O) groups excluding carboxylic acids is 3. The standard InChI is InChI=1S/C19H17Cl3N2O4S/c1-2-12-9-29-17-14(23-13(25)8-11-6-4-3-5-7-11)16(26)24(17)15(12)18(27)28-10-19(20,21)22/h2-7,14,17H,1,8-10H2,(H,23,25)/t14-,17+/m1/s1. The SMILES string of the molecule is C=CC1=C(C(=O)OCC(Cl)(Cl)Cl)N2C(=O)[C@@H](NC(=O)Cc3ccccc3)[C@@H]2SC1. The molecule has 0 spiro atoms. The molecule has 2 aliphatic heterocycles. The van der Waals surface area contributed by atoms with Crippen molar-refractivity contribution in [2.75, 3.05) is 12.4 Å². The number of rotatable bonds is 6. The average Bonchev–Trinajstić information content (AvgIpc) is 2.69. The molecule has 154 valence electrons. The third-order valence-electron chi connectivity index (χ3n) is 4.33. The van der Waals surface area contributed by atoms with Gasteiger partial charge in [-0.15, -0.1) is 11.8 Å². The molecule has 0 bridgehead atoms. The van der Waals surface area contributed by atoms with Gasteiger partial charge in [-0.2, -0.15) is 0 Å². The normalized spacial score (nSPS) is 21.2. The number of benzene rings is 1. The van der Waals surface area contributed by atoms with E-state index in [2.05, 4.69) is 11.9 Å². The maximum Gasteiger partial charge on any atom is 0.355 e. The second kappa shape index (κ2) is 9.00. The van der Waals surface area contributed by atoms with Crippen LogP contribution in [0.15, 0.2) is 54.3 Å². The minimum absolute atomic E-state index is 0.0663. The fourth-order valence-electron chi connectivity index (χ4n) is 3.01. The number of carbonyl (C=O) groups is 3. The first-order chi connectivity index (χ1) is 13.7. The summed E-state index contributed by atoms with van der Waals surface area (Å²) in [7, 11) is 0. The molecule has 1 fully saturated rings. The molecule has 29 heavy (non-hydrogen) atoms. The first kappa shape index (κ1) is 22.0. The van der Waals surface area contributed by atoms with Crippen molar-refractivity contribution < 1.29 is 19.1 Å². The molecular formula is C19H17Cl3N2O4S. The van der Waals surface area contributed by atoms with Gasteiger partial charge in [0.25, 0.3) is 5.91 Å². The summed E-state index contributed by atoms with van der Waals surface area (Å²) >= 11 is 18.3. The summed E-state index contributed by atoms with van der Waals surface area (Å²) in [6.07, 6.45) is 1.65. The Morgan fingerprint density at radius 2 is 2.00 bits per heavy atom. The Morgan fingerprint density at radius 1 is 1.31 bits per heavy atom. The third-order valence-corrected chi connectivity index (χ3v) is 5.96. The summed E-state index contributed by atoms with van der Waals surface area (Å²) in [4.78, 5) is 38.9. The number of hydrogen-bond donors (Lipinski definition) is 1. The smallest absolute Gasteiger partial charge is 0.355 e. The van der Waals surface area contributed by atoms with Crippen LogP contribution in [0.4, 0.5) is 0 Å². The highest BCUT2D eigenvalue weighted by molar-refractivity contribution is 8.00. The number of ether oxygens (including phenoxy) is 1. The van der Waals surface area contributed by atoms with Gasteiger partial charge < -0.3 is 10.1 Å². The van der Waals surface area contributed by atoms with Crippen molar-refractivity contribution in [3.8, 4) is 0 Å². The van der Waals surface area contributed by atoms with Gasteiger partial charge in [0.1, 0.15) is 23.7 Å². The van der Waals surface area contributed by atoms with E-state index in [1.165, 1.54) is 22.7 Å². The number of halogens is 3. The first-order valence-electron chi connectivity index (χ1n) is 8.58. The lowest BCUT2D eigenvalue weighted by molar-refractivity contribution is -0.152. The van der Waals surface area contributed by atoms with Crippen LogP contribution in [0, 0.1) is 0 Å². The molecular weight excluding hydrogens is 459 g/mol. The van der Waals surface area contributed by atoms with Crippen LogP contribution in [-0.2, 0) is 25.5 Å². The average molecular weight is 476 g/mol. The summed E-state index contributed by atoms with van der Waals surface area (Å²) in [6.45, 7) is 3.23. The summed E-state index contributed by atoms with van der Waals surface area (Å²) in [5.74, 6) is -1.02. The molecule has 6 nitrogen and oxygen atoms in total. The van der Waals surface area contributed by atoms with Gasteiger partial charge in [-0.3, -0.25) is 14.5 Å². The number of alkyl halides is 3. The Morgan fingerprint density at radius 3 is 2.62 bits per heavy atom. The molecule has 1 aromatic carbocycles. The Bertz CT molecular complexity index is 870. The number of nitrogens with zero attached hydrogens (tertiary/aromatic N) is 1. The van der Waals surface area contributed by atoms with Gasteiger partial charge >= 0.3 is 5.97 Å². The van der Waals surface area contributed by atoms with Crippen LogP contribution in [-0.4, -0.2) is 50.3 Å². The van der Waals surface area contributed by atoms with E-state index >= 15 is 0 Å². The van der Waals surface area contributed by atoms with Crippen LogP contribution < -0.4 is 5.32 Å². The van der Waals surface area contributed by atoms with Gasteiger partial charge in [0.15, 0.2) is 0 Å². The molecule has 1 aromatic rings. The van der Waals surface area contributed by atoms with E-state index in [4.69, 9.17) is 39.5 Å². The van der Waals surface area contributed by atoms with Gasteiger partial charge in [0, 0.05) is 5.75 Å². The van der Waals surface area contributed by atoms with Crippen molar-refractivity contribution in [1.29, 1.82) is 0 Å². The molecule has 0 radical (unpaired) electrons. The van der Waals surface area contributed by atoms with Crippen LogP contribution in [0.3, 0.4) is 0 Å². The number of esters is 1. The van der Waals surface area contributed by atoms with Crippen molar-refractivity contribution in [1.82, 2.24) is 10.2 Å². The maximum absolute atomic E-state index is 12.7. The van der Waals surface area contributed by atoms with Crippen LogP contribution in [0.2, 0.25) is 0 Å². The molecule has 0 aliphatic carbocycles. The number of amides is 2. The fraction of sp³-hybridized carbons (Fsp3) is 0.316. The Kier molecular flexibility index (Phi) is 6.83. The summed E-state index contributed by atoms with van der Waals surface area (Å²) < 4.78 is 3.28. The van der Waals surface area contributed by atoms with Gasteiger partial charge in [-0.05, 0) is 11.1 Å². The lowest BCUT2D eigenvalue weighted by Gasteiger charge is -2.49. The zero-order chi connectivity index (χ0) is 21.2. The van der Waals surface area contributed by atoms with Gasteiger partial charge in [0.2, 0.25) is 9.70 Å². The number of hydrogen-bond acceptors (Lipinski definition) is 5. The highest BCUT2D eigenvalue weighted by Gasteiger charge is 2.54. The van der Waals surface area contributed by atoms with Gasteiger partial charge in [-0.1, -0.05) is 77.8 Å². The molecule has 2 amide bonds. The molecule has 2 atom stereocenters. The molecule has 3 rings (SSSR count). The van der Waals surface area contributed by atoms with Crippen molar-refractivity contribution in [3.63, 3.8) is 0 Å². The van der Waals surface area contributed by atoms with E-state index in [0.717, 1.165) is 5.56 Å². The summed E-state index contributed by atoms with van der Waals surface area (Å²) in [5.41, 5.74) is 1.45. The van der Waals surface area contributed by atoms with Crippen LogP contribution in [0.5, 0.6) is 0 Å². The Balaban J connectivity index is 1.69. The lowest BCUT2D eigenvalue weighted by atomic mass is 10.0. The minimum Gasteiger partial charge on any atom is -0.456 e. The number of fused-ring (bicyclic) bond motifs is 1. The second-order valence-corrected chi connectivity index (χ2v) is 10.0. The van der Waals surface area contributed by atoms with Crippen molar-refractivity contribution in [2.24, 2.45) is 0 Å². The fourth-order valence-corrected chi connectivity index (χ4v) is 4.51. The molecule has 10 heteroatoms. The first-order valence-corrected chi connectivity index (χ1v) is 10.8. The Hall–Kier alpha value is -1.67. The summed E-state index contributed by atoms with van der Waals surface area (Å²) in [6, 6.07) is 8.49. The highest BCUT2D eigenvalue weighted by atomic mass is 35.6. The molecule has 1 saturated heterocycles. The van der Waals surface area contributed by atoms with Crippen LogP contribution in [0.25, 0.3) is 0 Å². The number of β-lactam (4-membered cyclic amide) rings is 1. The predicted molar refractivity (Wildman–Crippen MR) is 114 cm³/mol. The van der Waals surface area contributed by atoms with Gasteiger partial charge in [-0.25, -0.2) is 4.79 Å². The van der Waals surface area contributed by atoms with E-state index in [1.54, 1.807) is 0 Å². The van der Waals surface area contributed by atoms with Crippen molar-refractivity contribution in [3.05, 3.63) is 59.8 Å². The number of allylic oxidation sites excluding steroid dienone is 1. The van der Waals surface area contributed by atoms with Crippen molar-refractivity contribution >= 4 is 64.3 Å². The monoisotopic (exact) mass is 474 g/mol. The minimum atomic E-state index is -1.76. The van der Waals surface area contributed by atoms with Crippen molar-refractivity contribution in [2.45, 2.75) is 21.6 Å². The largest absolute Gasteiger partial charge is 0.456 e. The molecule has 1 N–H and O–H groups in total. The topological polar surface area (TPSA) is 75.7 Å². The van der Waals surface area contributed by atoms with E-state index in [-0.39, 0.29) is 18.0 Å². The second-order valence-electron chi connectivity index (χ2n) is 6.39. The zero-order valence-corrected chi connectivity index (χ0v) is 18.2. The van der Waals surface area contributed by atoms with E-state index in [9.17, 15) is 14.4 Å². The summed E-state index contributed by atoms with van der Waals surface area (Å²) in [5, 5.41) is 2.33. The molecule has 0 aromatic heterocycles. The molecule has 2 aliphatic rings. The molecule has 0 unspecified atom stereocenters. The van der Waals surface area contributed by atoms with Crippen LogP contribution in [0.1, 0.15) is 5.56 Å². The maximum atomic E-state index is 12.7. The van der Waals surface area contributed by atoms with Crippen LogP contribution >= 0.6 is 46.6 Å².